The first-order valence-corrected chi connectivity index (χ1v) is 11.5. The number of nitrogens with one attached hydrogen (secondary N) is 1. The second kappa shape index (κ2) is 10.2. The van der Waals surface area contributed by atoms with Crippen molar-refractivity contribution in [3.8, 4) is 5.75 Å². The molecule has 1 spiro atoms. The number of benzene rings is 1. The zero-order valence-corrected chi connectivity index (χ0v) is 20.1. The van der Waals surface area contributed by atoms with Crippen molar-refractivity contribution in [2.45, 2.75) is 31.5 Å². The van der Waals surface area contributed by atoms with Gasteiger partial charge in [-0.05, 0) is 12.5 Å². The van der Waals surface area contributed by atoms with Gasteiger partial charge >= 0.3 is 0 Å². The number of pyridine rings is 1. The molecule has 2 aliphatic heterocycles. The Morgan fingerprint density at radius 2 is 1.97 bits per heavy atom. The third kappa shape index (κ3) is 4.42. The van der Waals surface area contributed by atoms with Crippen molar-refractivity contribution in [1.29, 1.82) is 0 Å². The van der Waals surface area contributed by atoms with Crippen LogP contribution in [0, 0.1) is 11.6 Å². The third-order valence-electron chi connectivity index (χ3n) is 6.76. The van der Waals surface area contributed by atoms with Gasteiger partial charge in [0.15, 0.2) is 11.4 Å². The summed E-state index contributed by atoms with van der Waals surface area (Å²) in [5, 5.41) is 14.9. The number of methoxy groups -OCH3 is 1. The average molecular weight is 507 g/mol. The summed E-state index contributed by atoms with van der Waals surface area (Å²) in [6.07, 6.45) is 2.69. The average Bonchev–Trinajstić information content (AvgIpc) is 2.86. The molecule has 0 aliphatic carbocycles. The van der Waals surface area contributed by atoms with Gasteiger partial charge in [-0.1, -0.05) is 6.07 Å². The summed E-state index contributed by atoms with van der Waals surface area (Å²) in [4.78, 5) is 41.0. The molecule has 12 heteroatoms. The lowest BCUT2D eigenvalue weighted by atomic mass is 9.94. The molecule has 2 aromatic rings. The molecule has 2 N–H and O–H groups in total. The number of aromatic hydroxyl groups is 1. The Morgan fingerprint density at radius 3 is 2.64 bits per heavy atom. The molecule has 10 nitrogen and oxygen atoms in total. The number of amides is 2. The van der Waals surface area contributed by atoms with Crippen LogP contribution in [0.2, 0.25) is 0 Å². The van der Waals surface area contributed by atoms with Crippen molar-refractivity contribution in [3.63, 3.8) is 0 Å². The molecule has 1 saturated heterocycles. The van der Waals surface area contributed by atoms with Crippen LogP contribution in [0.4, 0.5) is 8.78 Å². The number of nitrogens with zero attached hydrogens (tertiary/aromatic N) is 3. The van der Waals surface area contributed by atoms with Gasteiger partial charge in [-0.3, -0.25) is 24.1 Å². The third-order valence-corrected chi connectivity index (χ3v) is 6.76. The fourth-order valence-electron chi connectivity index (χ4n) is 4.78. The van der Waals surface area contributed by atoms with Crippen LogP contribution in [0.25, 0.3) is 0 Å². The molecule has 0 unspecified atom stereocenters. The monoisotopic (exact) mass is 506 g/mol. The molecular weight excluding hydrogens is 478 g/mol. The lowest BCUT2D eigenvalue weighted by Gasteiger charge is -2.55. The van der Waals surface area contributed by atoms with E-state index in [0.29, 0.717) is 51.7 Å². The number of aromatic nitrogens is 1. The van der Waals surface area contributed by atoms with Crippen molar-refractivity contribution in [3.05, 3.63) is 63.1 Å². The molecule has 0 radical (unpaired) electrons. The van der Waals surface area contributed by atoms with E-state index in [0.717, 1.165) is 6.07 Å². The summed E-state index contributed by atoms with van der Waals surface area (Å²) in [5.41, 5.74) is -2.48. The smallest absolute Gasteiger partial charge is 0.278 e. The van der Waals surface area contributed by atoms with Crippen LogP contribution in [-0.2, 0) is 16.0 Å². The van der Waals surface area contributed by atoms with Gasteiger partial charge in [-0.15, -0.1) is 0 Å². The van der Waals surface area contributed by atoms with Crippen molar-refractivity contribution >= 4 is 11.8 Å². The van der Waals surface area contributed by atoms with E-state index < -0.39 is 45.9 Å². The summed E-state index contributed by atoms with van der Waals surface area (Å²) in [7, 11) is 3.27. The van der Waals surface area contributed by atoms with Crippen molar-refractivity contribution < 1.29 is 33.0 Å². The highest BCUT2D eigenvalue weighted by Crippen LogP contribution is 2.37. The van der Waals surface area contributed by atoms with E-state index in [2.05, 4.69) is 5.32 Å². The molecule has 1 aromatic carbocycles. The standard InChI is InChI=1S/C24H28F2N4O6/c1-28-24(6-10-36-11-7-24)29(8-3-9-35-2)23(34)19-21(32)20(31)17(14-30(19)28)22(33)27-13-15-4-5-16(25)12-18(15)26/h4-5,12,14,32H,3,6-11,13H2,1-2H3,(H,27,33). The van der Waals surface area contributed by atoms with Crippen LogP contribution in [0.1, 0.15) is 45.7 Å². The first-order valence-electron chi connectivity index (χ1n) is 11.5. The minimum Gasteiger partial charge on any atom is -0.502 e. The highest BCUT2D eigenvalue weighted by molar-refractivity contribution is 5.99. The molecule has 36 heavy (non-hydrogen) atoms. The molecule has 2 aliphatic rings. The van der Waals surface area contributed by atoms with E-state index in [1.807, 2.05) is 0 Å². The first kappa shape index (κ1) is 25.6. The maximum absolute atomic E-state index is 14.0. The fraction of sp³-hybridized carbons (Fsp3) is 0.458. The molecule has 3 heterocycles. The topological polar surface area (TPSA) is 113 Å². The van der Waals surface area contributed by atoms with E-state index in [1.54, 1.807) is 24.1 Å². The maximum atomic E-state index is 14.0. The molecule has 0 atom stereocenters. The van der Waals surface area contributed by atoms with Crippen LogP contribution in [0.5, 0.6) is 5.75 Å². The van der Waals surface area contributed by atoms with Crippen molar-refractivity contribution in [1.82, 2.24) is 14.9 Å². The molecule has 0 bridgehead atoms. The summed E-state index contributed by atoms with van der Waals surface area (Å²) < 4.78 is 39.1. The van der Waals surface area contributed by atoms with Gasteiger partial charge in [-0.2, -0.15) is 0 Å². The molecular formula is C24H28F2N4O6. The van der Waals surface area contributed by atoms with Crippen LogP contribution >= 0.6 is 0 Å². The van der Waals surface area contributed by atoms with E-state index in [1.165, 1.54) is 16.9 Å². The highest BCUT2D eigenvalue weighted by atomic mass is 19.1. The first-order chi connectivity index (χ1) is 17.2. The van der Waals surface area contributed by atoms with E-state index in [-0.39, 0.29) is 17.8 Å². The maximum Gasteiger partial charge on any atom is 0.278 e. The number of rotatable bonds is 7. The predicted octanol–water partition coefficient (Wildman–Crippen LogP) is 1.33. The number of halogens is 2. The van der Waals surface area contributed by atoms with Gasteiger partial charge < -0.3 is 24.8 Å². The summed E-state index contributed by atoms with van der Waals surface area (Å²) >= 11 is 0. The summed E-state index contributed by atoms with van der Waals surface area (Å²) in [5.74, 6) is -3.88. The predicted molar refractivity (Wildman–Crippen MR) is 124 cm³/mol. The largest absolute Gasteiger partial charge is 0.502 e. The second-order valence-corrected chi connectivity index (χ2v) is 8.75. The van der Waals surface area contributed by atoms with Gasteiger partial charge in [-0.25, -0.2) is 8.78 Å². The Morgan fingerprint density at radius 1 is 1.25 bits per heavy atom. The van der Waals surface area contributed by atoms with Gasteiger partial charge in [0.2, 0.25) is 5.43 Å². The van der Waals surface area contributed by atoms with Crippen molar-refractivity contribution in [2.24, 2.45) is 0 Å². The Bertz CT molecular complexity index is 1230. The minimum absolute atomic E-state index is 0.0205. The number of hydrogen-bond donors (Lipinski definition) is 2. The summed E-state index contributed by atoms with van der Waals surface area (Å²) in [6.45, 7) is 1.24. The van der Waals surface area contributed by atoms with Gasteiger partial charge in [0.1, 0.15) is 22.9 Å². The number of ether oxygens (including phenoxy) is 2. The van der Waals surface area contributed by atoms with Gasteiger partial charge in [0.05, 0.1) is 13.2 Å². The Balaban J connectivity index is 1.70. The normalized spacial score (nSPS) is 16.8. The fourth-order valence-corrected chi connectivity index (χ4v) is 4.78. The zero-order chi connectivity index (χ0) is 26.0. The van der Waals surface area contributed by atoms with Crippen LogP contribution in [0.15, 0.2) is 29.2 Å². The molecule has 4 rings (SSSR count). The van der Waals surface area contributed by atoms with E-state index >= 15 is 0 Å². The molecule has 1 fully saturated rings. The van der Waals surface area contributed by atoms with Gasteiger partial charge in [0.25, 0.3) is 11.8 Å². The van der Waals surface area contributed by atoms with Crippen LogP contribution in [0.3, 0.4) is 0 Å². The molecule has 0 saturated carbocycles. The van der Waals surface area contributed by atoms with E-state index in [9.17, 15) is 28.3 Å². The number of carbonyl (C=O) groups excluding carboxylic acids is 2. The minimum atomic E-state index is -1.03. The number of hydrogen-bond acceptors (Lipinski definition) is 7. The highest BCUT2D eigenvalue weighted by Gasteiger charge is 2.50. The van der Waals surface area contributed by atoms with Crippen LogP contribution in [-0.4, -0.2) is 72.7 Å². The van der Waals surface area contributed by atoms with Gasteiger partial charge in [0, 0.05) is 64.5 Å². The molecule has 1 aromatic heterocycles. The Hall–Kier alpha value is -3.51. The lowest BCUT2D eigenvalue weighted by Crippen LogP contribution is -2.71. The number of fused-ring (bicyclic) bond motifs is 1. The quantitative estimate of drug-likeness (QED) is 0.545. The molecule has 194 valence electrons. The van der Waals surface area contributed by atoms with Crippen molar-refractivity contribution in [2.75, 3.05) is 45.5 Å². The SMILES string of the molecule is COCCCN1C(=O)c2c(O)c(=O)c(C(=O)NCc3ccc(F)cc3F)cn2N(C)C12CCOCC2. The summed E-state index contributed by atoms with van der Waals surface area (Å²) in [6, 6.07) is 2.92. The second-order valence-electron chi connectivity index (χ2n) is 8.75. The zero-order valence-electron chi connectivity index (χ0n) is 20.1. The lowest BCUT2D eigenvalue weighted by molar-refractivity contribution is -0.0388. The number of carbonyl (C=O) groups is 2. The molecule has 2 amide bonds. The van der Waals surface area contributed by atoms with E-state index in [4.69, 9.17) is 9.47 Å². The Labute approximate surface area is 206 Å². The van der Waals surface area contributed by atoms with Crippen LogP contribution < -0.4 is 15.8 Å². The Kier molecular flexibility index (Phi) is 7.27.